The first-order valence-electron chi connectivity index (χ1n) is 4.36. The number of halogens is 1. The summed E-state index contributed by atoms with van der Waals surface area (Å²) in [6.07, 6.45) is 1.49. The molecular formula is C8H12BrN3O2. The second-order valence-corrected chi connectivity index (χ2v) is 3.71. The molecule has 0 aliphatic heterocycles. The number of aryl methyl sites for hydroxylation is 1. The average molecular weight is 262 g/mol. The van der Waals surface area contributed by atoms with E-state index in [0.717, 1.165) is 29.6 Å². The Hall–Kier alpha value is -0.910. The van der Waals surface area contributed by atoms with Crippen LogP contribution in [0.5, 0.6) is 0 Å². The molecule has 0 aliphatic carbocycles. The fourth-order valence-electron chi connectivity index (χ4n) is 1.42. The van der Waals surface area contributed by atoms with Crippen molar-refractivity contribution in [3.8, 4) is 0 Å². The molecule has 14 heavy (non-hydrogen) atoms. The molecule has 1 rings (SSSR count). The van der Waals surface area contributed by atoms with Crippen molar-refractivity contribution in [3.05, 3.63) is 21.5 Å². The van der Waals surface area contributed by atoms with E-state index in [4.69, 9.17) is 0 Å². The van der Waals surface area contributed by atoms with Gasteiger partial charge in [-0.15, -0.1) is 0 Å². The zero-order valence-corrected chi connectivity index (χ0v) is 9.74. The largest absolute Gasteiger partial charge is 0.434 e. The first-order chi connectivity index (χ1) is 6.61. The van der Waals surface area contributed by atoms with Crippen molar-refractivity contribution in [2.45, 2.75) is 19.8 Å². The van der Waals surface area contributed by atoms with Gasteiger partial charge in [0.05, 0.1) is 7.05 Å². The van der Waals surface area contributed by atoms with E-state index in [1.807, 2.05) is 6.92 Å². The van der Waals surface area contributed by atoms with Crippen molar-refractivity contribution in [1.29, 1.82) is 0 Å². The maximum Gasteiger partial charge on any atom is 0.434 e. The number of hydrogen-bond donors (Lipinski definition) is 0. The third-order valence-electron chi connectivity index (χ3n) is 2.10. The highest BCUT2D eigenvalue weighted by Gasteiger charge is 2.22. The average Bonchev–Trinajstić information content (AvgIpc) is 2.45. The number of imidazole rings is 1. The van der Waals surface area contributed by atoms with E-state index in [9.17, 15) is 10.1 Å². The molecule has 0 aliphatic rings. The van der Waals surface area contributed by atoms with Gasteiger partial charge in [-0.2, -0.15) is 0 Å². The molecule has 1 aromatic rings. The van der Waals surface area contributed by atoms with Gasteiger partial charge in [-0.3, -0.25) is 0 Å². The van der Waals surface area contributed by atoms with Crippen LogP contribution in [-0.4, -0.2) is 19.8 Å². The smallest absolute Gasteiger partial charge is 0.390 e. The summed E-state index contributed by atoms with van der Waals surface area (Å²) in [7, 11) is 1.68. The summed E-state index contributed by atoms with van der Waals surface area (Å²) in [5, 5.41) is 11.4. The van der Waals surface area contributed by atoms with Crippen LogP contribution >= 0.6 is 15.9 Å². The molecule has 0 radical (unpaired) electrons. The van der Waals surface area contributed by atoms with Crippen LogP contribution in [0.4, 0.5) is 5.95 Å². The van der Waals surface area contributed by atoms with Gasteiger partial charge in [-0.05, 0) is 4.92 Å². The second kappa shape index (κ2) is 4.54. The van der Waals surface area contributed by atoms with Crippen LogP contribution in [0.15, 0.2) is 0 Å². The molecule has 0 spiro atoms. The van der Waals surface area contributed by atoms with E-state index in [1.165, 1.54) is 0 Å². The summed E-state index contributed by atoms with van der Waals surface area (Å²) in [5.74, 6) is -0.0715. The molecule has 0 saturated heterocycles. The molecule has 0 fully saturated rings. The lowest BCUT2D eigenvalue weighted by atomic mass is 10.2. The van der Waals surface area contributed by atoms with Crippen LogP contribution in [-0.2, 0) is 19.9 Å². The molecule has 1 heterocycles. The van der Waals surface area contributed by atoms with Crippen molar-refractivity contribution in [1.82, 2.24) is 9.55 Å². The normalized spacial score (nSPS) is 10.5. The number of aromatic nitrogens is 2. The Morgan fingerprint density at radius 1 is 1.64 bits per heavy atom. The summed E-state index contributed by atoms with van der Waals surface area (Å²) in [4.78, 5) is 14.2. The quantitative estimate of drug-likeness (QED) is 0.472. The summed E-state index contributed by atoms with van der Waals surface area (Å²) >= 11 is 3.32. The fraction of sp³-hybridized carbons (Fsp3) is 0.625. The van der Waals surface area contributed by atoms with Crippen molar-refractivity contribution in [2.75, 3.05) is 5.33 Å². The lowest BCUT2D eigenvalue weighted by Gasteiger charge is -1.97. The Bertz CT molecular complexity index is 349. The standard InChI is InChI=1S/C8H12BrN3O2/c1-3-6-7(4-5-9)11(2)8(10-6)12(13)14/h3-5H2,1-2H3. The summed E-state index contributed by atoms with van der Waals surface area (Å²) in [6, 6.07) is 0. The topological polar surface area (TPSA) is 61.0 Å². The Balaban J connectivity index is 3.18. The van der Waals surface area contributed by atoms with E-state index in [0.29, 0.717) is 0 Å². The molecule has 0 unspecified atom stereocenters. The summed E-state index contributed by atoms with van der Waals surface area (Å²) < 4.78 is 1.56. The molecule has 1 aromatic heterocycles. The molecule has 5 nitrogen and oxygen atoms in total. The maximum absolute atomic E-state index is 10.6. The monoisotopic (exact) mass is 261 g/mol. The van der Waals surface area contributed by atoms with Gasteiger partial charge in [0.2, 0.25) is 0 Å². The van der Waals surface area contributed by atoms with Gasteiger partial charge < -0.3 is 10.1 Å². The van der Waals surface area contributed by atoms with E-state index in [-0.39, 0.29) is 5.95 Å². The minimum atomic E-state index is -0.448. The Morgan fingerprint density at radius 2 is 2.29 bits per heavy atom. The van der Waals surface area contributed by atoms with Crippen molar-refractivity contribution >= 4 is 21.9 Å². The molecule has 0 aromatic carbocycles. The third kappa shape index (κ3) is 1.95. The Kier molecular flexibility index (Phi) is 3.62. The number of nitrogens with zero attached hydrogens (tertiary/aromatic N) is 3. The number of hydrogen-bond acceptors (Lipinski definition) is 3. The molecule has 78 valence electrons. The molecule has 6 heteroatoms. The minimum absolute atomic E-state index is 0.0715. The van der Waals surface area contributed by atoms with Gasteiger partial charge >= 0.3 is 5.95 Å². The van der Waals surface area contributed by atoms with Gasteiger partial charge in [0.25, 0.3) is 0 Å². The SMILES string of the molecule is CCc1nc([N+](=O)[O-])n(C)c1CCBr. The predicted molar refractivity (Wildman–Crippen MR) is 56.7 cm³/mol. The highest BCUT2D eigenvalue weighted by atomic mass is 79.9. The van der Waals surface area contributed by atoms with Gasteiger partial charge in [-0.1, -0.05) is 27.8 Å². The van der Waals surface area contributed by atoms with Crippen LogP contribution in [0.25, 0.3) is 0 Å². The first kappa shape index (κ1) is 11.2. The van der Waals surface area contributed by atoms with E-state index in [2.05, 4.69) is 20.9 Å². The zero-order valence-electron chi connectivity index (χ0n) is 8.16. The summed E-state index contributed by atoms with van der Waals surface area (Å²) in [6.45, 7) is 1.95. The van der Waals surface area contributed by atoms with Crippen LogP contribution in [0.2, 0.25) is 0 Å². The van der Waals surface area contributed by atoms with Crippen LogP contribution in [0.3, 0.4) is 0 Å². The molecule has 0 bridgehead atoms. The molecule has 0 saturated carbocycles. The Labute approximate surface area is 90.4 Å². The van der Waals surface area contributed by atoms with Crippen molar-refractivity contribution < 1.29 is 4.92 Å². The van der Waals surface area contributed by atoms with E-state index >= 15 is 0 Å². The van der Waals surface area contributed by atoms with E-state index < -0.39 is 4.92 Å². The van der Waals surface area contributed by atoms with Gasteiger partial charge in [0.15, 0.2) is 5.69 Å². The summed E-state index contributed by atoms with van der Waals surface area (Å²) in [5.41, 5.74) is 1.76. The van der Waals surface area contributed by atoms with Gasteiger partial charge in [-0.25, -0.2) is 4.57 Å². The third-order valence-corrected chi connectivity index (χ3v) is 2.50. The van der Waals surface area contributed by atoms with Crippen molar-refractivity contribution in [3.63, 3.8) is 0 Å². The Morgan fingerprint density at radius 3 is 2.71 bits per heavy atom. The number of rotatable bonds is 4. The molecule has 0 amide bonds. The first-order valence-corrected chi connectivity index (χ1v) is 5.48. The van der Waals surface area contributed by atoms with Crippen molar-refractivity contribution in [2.24, 2.45) is 7.05 Å². The van der Waals surface area contributed by atoms with Crippen LogP contribution in [0.1, 0.15) is 18.3 Å². The van der Waals surface area contributed by atoms with E-state index in [1.54, 1.807) is 11.6 Å². The van der Waals surface area contributed by atoms with Crippen LogP contribution < -0.4 is 0 Å². The molecule has 0 atom stereocenters. The van der Waals surface area contributed by atoms with Crippen LogP contribution in [0, 0.1) is 10.1 Å². The molecule has 0 N–H and O–H groups in total. The lowest BCUT2D eigenvalue weighted by Crippen LogP contribution is -2.03. The lowest BCUT2D eigenvalue weighted by molar-refractivity contribution is -0.396. The molecular weight excluding hydrogens is 250 g/mol. The highest BCUT2D eigenvalue weighted by molar-refractivity contribution is 9.09. The number of nitro groups is 1. The highest BCUT2D eigenvalue weighted by Crippen LogP contribution is 2.17. The number of alkyl halides is 1. The maximum atomic E-state index is 10.6. The fourth-order valence-corrected chi connectivity index (χ4v) is 1.80. The minimum Gasteiger partial charge on any atom is -0.390 e. The van der Waals surface area contributed by atoms with Gasteiger partial charge in [0, 0.05) is 18.2 Å². The van der Waals surface area contributed by atoms with Gasteiger partial charge in [0.1, 0.15) is 5.69 Å². The predicted octanol–water partition coefficient (Wildman–Crippen LogP) is 1.83. The zero-order chi connectivity index (χ0) is 10.7. The second-order valence-electron chi connectivity index (χ2n) is 2.91.